The number of rotatable bonds is 6. The van der Waals surface area contributed by atoms with Crippen LogP contribution in [0.2, 0.25) is 0 Å². The van der Waals surface area contributed by atoms with Crippen LogP contribution in [0.1, 0.15) is 7.65 Å². The van der Waals surface area contributed by atoms with Crippen molar-refractivity contribution in [3.8, 4) is 0 Å². The first kappa shape index (κ1) is 30.0. The Morgan fingerprint density at radius 2 is 1.80 bits per heavy atom. The van der Waals surface area contributed by atoms with E-state index in [9.17, 15) is 24.2 Å². The minimum atomic E-state index is -5.29. The van der Waals surface area contributed by atoms with Crippen LogP contribution in [-0.4, -0.2) is 80.3 Å². The third-order valence-electron chi connectivity index (χ3n) is 3.61. The predicted octanol–water partition coefficient (Wildman–Crippen LogP) is -6.28. The SMILES string of the molecule is Nc1ncnc2c1ncn2C1OC(COP(=O)(O)OP(=O)(O)O)C(O)C1O.O.O.[H-].[K+]. The van der Waals surface area contributed by atoms with Crippen LogP contribution in [-0.2, 0) is 22.7 Å². The van der Waals surface area contributed by atoms with Crippen LogP contribution in [0.25, 0.3) is 11.2 Å². The molecule has 0 radical (unpaired) electrons. The van der Waals surface area contributed by atoms with Crippen LogP contribution in [0.4, 0.5) is 5.82 Å². The maximum atomic E-state index is 11.5. The molecule has 1 aliphatic rings. The maximum absolute atomic E-state index is 11.5. The smallest absolute Gasteiger partial charge is 1.00 e. The van der Waals surface area contributed by atoms with Crippen molar-refractivity contribution in [1.29, 1.82) is 0 Å². The molecule has 11 N–H and O–H groups in total. The number of hydrogen-bond donors (Lipinski definition) is 6. The number of imidazole rings is 1. The van der Waals surface area contributed by atoms with Gasteiger partial charge in [0, 0.05) is 0 Å². The van der Waals surface area contributed by atoms with Gasteiger partial charge in [0.1, 0.15) is 30.2 Å². The molecule has 1 saturated heterocycles. The first-order chi connectivity index (χ1) is 12.5. The fourth-order valence-electron chi connectivity index (χ4n) is 2.48. The molecular formula is C10H20KN5O12P2. The summed E-state index contributed by atoms with van der Waals surface area (Å²) in [6, 6.07) is 0. The zero-order valence-electron chi connectivity index (χ0n) is 16.2. The summed E-state index contributed by atoms with van der Waals surface area (Å²) in [7, 11) is -10.4. The molecule has 0 saturated carbocycles. The molecule has 2 aromatic heterocycles. The number of phosphoric acid groups is 2. The number of hydrogen-bond acceptors (Lipinski definition) is 11. The van der Waals surface area contributed by atoms with Gasteiger partial charge in [-0.1, -0.05) is 0 Å². The van der Waals surface area contributed by atoms with Gasteiger partial charge in [0.2, 0.25) is 0 Å². The van der Waals surface area contributed by atoms with Gasteiger partial charge >= 0.3 is 67.0 Å². The van der Waals surface area contributed by atoms with E-state index in [0.29, 0.717) is 0 Å². The summed E-state index contributed by atoms with van der Waals surface area (Å²) in [5.41, 5.74) is 6.11. The van der Waals surface area contributed by atoms with Gasteiger partial charge in [-0.3, -0.25) is 9.09 Å². The molecule has 0 aliphatic carbocycles. The number of aliphatic hydroxyl groups excluding tert-OH is 2. The second kappa shape index (κ2) is 11.3. The number of fused-ring (bicyclic) bond motifs is 1. The van der Waals surface area contributed by atoms with E-state index in [2.05, 4.69) is 23.8 Å². The third kappa shape index (κ3) is 6.77. The summed E-state index contributed by atoms with van der Waals surface area (Å²) in [5.74, 6) is 0.0856. The van der Waals surface area contributed by atoms with Crippen molar-refractivity contribution >= 4 is 32.6 Å². The molecule has 0 spiro atoms. The fraction of sp³-hybridized carbons (Fsp3) is 0.500. The molecule has 0 aromatic carbocycles. The number of aliphatic hydroxyl groups is 2. The molecule has 0 bridgehead atoms. The predicted molar refractivity (Wildman–Crippen MR) is 92.9 cm³/mol. The minimum Gasteiger partial charge on any atom is -1.00 e. The van der Waals surface area contributed by atoms with Crippen LogP contribution in [0.15, 0.2) is 12.7 Å². The monoisotopic (exact) mass is 503 g/mol. The van der Waals surface area contributed by atoms with Crippen LogP contribution < -0.4 is 57.1 Å². The molecule has 0 amide bonds. The van der Waals surface area contributed by atoms with Crippen molar-refractivity contribution in [3.05, 3.63) is 12.7 Å². The number of nitrogen functional groups attached to an aromatic ring is 1. The molecule has 5 atom stereocenters. The number of aromatic nitrogens is 4. The summed E-state index contributed by atoms with van der Waals surface area (Å²) in [5, 5.41) is 20.3. The van der Waals surface area contributed by atoms with E-state index in [1.165, 1.54) is 10.9 Å². The van der Waals surface area contributed by atoms with E-state index in [1.54, 1.807) is 0 Å². The van der Waals surface area contributed by atoms with Crippen LogP contribution in [0.5, 0.6) is 0 Å². The topological polar surface area (TPSA) is 296 Å². The number of ether oxygens (including phenoxy) is 1. The van der Waals surface area contributed by atoms with E-state index in [0.717, 1.165) is 6.33 Å². The Morgan fingerprint density at radius 1 is 1.17 bits per heavy atom. The number of nitrogens with zero attached hydrogens (tertiary/aromatic N) is 4. The maximum Gasteiger partial charge on any atom is 1.00 e. The first-order valence-corrected chi connectivity index (χ1v) is 10.2. The van der Waals surface area contributed by atoms with E-state index in [1.807, 2.05) is 0 Å². The number of phosphoric ester groups is 1. The Kier molecular flexibility index (Phi) is 11.3. The molecule has 20 heteroatoms. The fourth-order valence-corrected chi connectivity index (χ4v) is 4.08. The van der Waals surface area contributed by atoms with Crippen molar-refractivity contribution in [2.45, 2.75) is 24.5 Å². The van der Waals surface area contributed by atoms with Gasteiger partial charge in [-0.25, -0.2) is 24.1 Å². The summed E-state index contributed by atoms with van der Waals surface area (Å²) in [6.45, 7) is -0.813. The van der Waals surface area contributed by atoms with Gasteiger partial charge in [-0.05, 0) is 0 Å². The molecule has 1 aliphatic heterocycles. The Morgan fingerprint density at radius 3 is 2.40 bits per heavy atom. The third-order valence-corrected chi connectivity index (χ3v) is 5.76. The standard InChI is InChI=1S/C10H15N5O10P2.K.2H2O.H/c11-8-5-9(13-2-12-8)15(3-14-5)10-7(17)6(16)4(24-10)1-23-27(21,22)25-26(18,19)20;;;;/h2-4,6-7,10,16-17H,1H2,(H,21,22)(H2,11,12,13)(H2,18,19,20);;2*1H2;/q;+1;;;-1. The van der Waals surface area contributed by atoms with Gasteiger partial charge in [0.15, 0.2) is 17.7 Å². The number of anilines is 1. The summed E-state index contributed by atoms with van der Waals surface area (Å²) >= 11 is 0. The molecule has 1 fully saturated rings. The minimum absolute atomic E-state index is 0. The molecular weight excluding hydrogens is 483 g/mol. The molecule has 168 valence electrons. The van der Waals surface area contributed by atoms with Crippen molar-refractivity contribution < 1.29 is 111 Å². The molecule has 3 rings (SSSR count). The van der Waals surface area contributed by atoms with E-state index in [-0.39, 0.29) is 80.7 Å². The van der Waals surface area contributed by atoms with Crippen molar-refractivity contribution in [2.24, 2.45) is 0 Å². The first-order valence-electron chi connectivity index (χ1n) is 7.17. The molecule has 17 nitrogen and oxygen atoms in total. The van der Waals surface area contributed by atoms with E-state index < -0.39 is 46.8 Å². The Bertz CT molecular complexity index is 948. The van der Waals surface area contributed by atoms with E-state index in [4.69, 9.17) is 20.3 Å². The normalized spacial score (nSPS) is 25.6. The van der Waals surface area contributed by atoms with Crippen LogP contribution in [0.3, 0.4) is 0 Å². The summed E-state index contributed by atoms with van der Waals surface area (Å²) in [6.07, 6.45) is -3.20. The van der Waals surface area contributed by atoms with Gasteiger partial charge in [-0.2, -0.15) is 4.31 Å². The van der Waals surface area contributed by atoms with Crippen molar-refractivity contribution in [1.82, 2.24) is 19.5 Å². The van der Waals surface area contributed by atoms with Gasteiger partial charge in [-0.15, -0.1) is 0 Å². The number of nitrogens with two attached hydrogens (primary N) is 1. The second-order valence-corrected chi connectivity index (χ2v) is 8.30. The summed E-state index contributed by atoms with van der Waals surface area (Å²) < 4.78 is 36.8. The Labute approximate surface area is 211 Å². The zero-order valence-corrected chi connectivity index (χ0v) is 20.1. The van der Waals surface area contributed by atoms with Crippen molar-refractivity contribution in [2.75, 3.05) is 12.3 Å². The van der Waals surface area contributed by atoms with Crippen LogP contribution >= 0.6 is 15.6 Å². The summed E-state index contributed by atoms with van der Waals surface area (Å²) in [4.78, 5) is 38.1. The van der Waals surface area contributed by atoms with Gasteiger partial charge in [0.05, 0.1) is 12.9 Å². The van der Waals surface area contributed by atoms with Crippen molar-refractivity contribution in [3.63, 3.8) is 0 Å². The molecule has 5 unspecified atom stereocenters. The average molecular weight is 503 g/mol. The van der Waals surface area contributed by atoms with Gasteiger partial charge in [0.25, 0.3) is 0 Å². The molecule has 2 aromatic rings. The quantitative estimate of drug-likeness (QED) is 0.158. The largest absolute Gasteiger partial charge is 1.00 e. The van der Waals surface area contributed by atoms with E-state index >= 15 is 0 Å². The molecule has 3 heterocycles. The van der Waals surface area contributed by atoms with Crippen LogP contribution in [0, 0.1) is 0 Å². The average Bonchev–Trinajstić information content (AvgIpc) is 3.07. The Hall–Kier alpha value is 0.0464. The second-order valence-electron chi connectivity index (χ2n) is 5.47. The Balaban J connectivity index is 0. The molecule has 30 heavy (non-hydrogen) atoms. The zero-order chi connectivity index (χ0) is 20.0. The van der Waals surface area contributed by atoms with Gasteiger partial charge < -0.3 is 47.7 Å².